The average molecular weight is 377 g/mol. The second-order valence-corrected chi connectivity index (χ2v) is 5.87. The van der Waals surface area contributed by atoms with Gasteiger partial charge in [0.15, 0.2) is 0 Å². The molecular formula is C16H11BrClN3O. The van der Waals surface area contributed by atoms with E-state index in [0.717, 1.165) is 15.4 Å². The number of amides is 2. The number of carbonyl (C=O) groups is 1. The average Bonchev–Trinajstić information content (AvgIpc) is 2.53. The molecule has 22 heavy (non-hydrogen) atoms. The van der Waals surface area contributed by atoms with Crippen LogP contribution in [0.2, 0.25) is 5.02 Å². The number of pyridine rings is 1. The van der Waals surface area contributed by atoms with Crippen molar-refractivity contribution in [3.8, 4) is 0 Å². The van der Waals surface area contributed by atoms with Gasteiger partial charge < -0.3 is 10.6 Å². The zero-order valence-corrected chi connectivity index (χ0v) is 13.6. The number of nitrogens with zero attached hydrogens (tertiary/aromatic N) is 1. The number of hydrogen-bond donors (Lipinski definition) is 2. The maximum absolute atomic E-state index is 12.1. The molecule has 3 rings (SSSR count). The Hall–Kier alpha value is -2.11. The number of rotatable bonds is 2. The van der Waals surface area contributed by atoms with E-state index in [2.05, 4.69) is 31.5 Å². The molecule has 0 aliphatic rings. The molecule has 2 amide bonds. The highest BCUT2D eigenvalue weighted by Gasteiger charge is 2.08. The van der Waals surface area contributed by atoms with Crippen molar-refractivity contribution >= 4 is 55.8 Å². The fourth-order valence-electron chi connectivity index (χ4n) is 2.06. The predicted molar refractivity (Wildman–Crippen MR) is 93.5 cm³/mol. The van der Waals surface area contributed by atoms with Crippen molar-refractivity contribution in [2.75, 3.05) is 10.6 Å². The first kappa shape index (κ1) is 14.8. The molecule has 2 N–H and O–H groups in total. The zero-order valence-electron chi connectivity index (χ0n) is 11.3. The number of nitrogens with one attached hydrogen (secondary N) is 2. The Morgan fingerprint density at radius 1 is 1.05 bits per heavy atom. The quantitative estimate of drug-likeness (QED) is 0.638. The van der Waals surface area contributed by atoms with Crippen LogP contribution in [0.3, 0.4) is 0 Å². The molecule has 110 valence electrons. The number of carbonyl (C=O) groups excluding carboxylic acids is 1. The van der Waals surface area contributed by atoms with Crippen LogP contribution in [-0.4, -0.2) is 11.0 Å². The minimum Gasteiger partial charge on any atom is -0.308 e. The predicted octanol–water partition coefficient (Wildman–Crippen LogP) is 5.29. The molecule has 0 radical (unpaired) electrons. The highest BCUT2D eigenvalue weighted by molar-refractivity contribution is 9.10. The van der Waals surface area contributed by atoms with E-state index in [0.29, 0.717) is 16.4 Å². The van der Waals surface area contributed by atoms with Gasteiger partial charge >= 0.3 is 6.03 Å². The van der Waals surface area contributed by atoms with E-state index in [-0.39, 0.29) is 6.03 Å². The van der Waals surface area contributed by atoms with Crippen LogP contribution in [0.25, 0.3) is 10.9 Å². The zero-order chi connectivity index (χ0) is 15.5. The molecule has 0 spiro atoms. The number of hydrogen-bond acceptors (Lipinski definition) is 2. The monoisotopic (exact) mass is 375 g/mol. The molecule has 0 fully saturated rings. The van der Waals surface area contributed by atoms with Gasteiger partial charge in [-0.25, -0.2) is 4.79 Å². The first-order valence-corrected chi connectivity index (χ1v) is 7.67. The summed E-state index contributed by atoms with van der Waals surface area (Å²) >= 11 is 9.29. The minimum atomic E-state index is -0.336. The Bertz CT molecular complexity index is 836. The summed E-state index contributed by atoms with van der Waals surface area (Å²) in [7, 11) is 0. The van der Waals surface area contributed by atoms with Crippen LogP contribution in [0.5, 0.6) is 0 Å². The van der Waals surface area contributed by atoms with Crippen molar-refractivity contribution in [1.82, 2.24) is 4.98 Å². The Balaban J connectivity index is 1.82. The molecule has 0 atom stereocenters. The standard InChI is InChI=1S/C16H11BrClN3O/c17-13-7-8-14(15-12(13)2-1-9-19-15)21-16(22)20-11-5-3-10(18)4-6-11/h1-9H,(H2,20,21,22). The van der Waals surface area contributed by atoms with Gasteiger partial charge in [0.05, 0.1) is 11.2 Å². The van der Waals surface area contributed by atoms with E-state index in [9.17, 15) is 4.79 Å². The number of fused-ring (bicyclic) bond motifs is 1. The molecular weight excluding hydrogens is 366 g/mol. The fourth-order valence-corrected chi connectivity index (χ4v) is 2.63. The number of aromatic nitrogens is 1. The van der Waals surface area contributed by atoms with Gasteiger partial charge in [-0.3, -0.25) is 4.98 Å². The maximum Gasteiger partial charge on any atom is 0.323 e. The van der Waals surface area contributed by atoms with Gasteiger partial charge in [-0.1, -0.05) is 33.6 Å². The highest BCUT2D eigenvalue weighted by atomic mass is 79.9. The lowest BCUT2D eigenvalue weighted by molar-refractivity contribution is 0.262. The maximum atomic E-state index is 12.1. The topological polar surface area (TPSA) is 54.0 Å². The van der Waals surface area contributed by atoms with Crippen LogP contribution in [0.4, 0.5) is 16.2 Å². The number of anilines is 2. The van der Waals surface area contributed by atoms with E-state index >= 15 is 0 Å². The van der Waals surface area contributed by atoms with Crippen molar-refractivity contribution in [2.45, 2.75) is 0 Å². The van der Waals surface area contributed by atoms with Crippen LogP contribution in [0.15, 0.2) is 59.2 Å². The van der Waals surface area contributed by atoms with Crippen molar-refractivity contribution in [3.05, 3.63) is 64.2 Å². The summed E-state index contributed by atoms with van der Waals surface area (Å²) in [5.74, 6) is 0. The first-order chi connectivity index (χ1) is 10.6. The summed E-state index contributed by atoms with van der Waals surface area (Å²) in [4.78, 5) is 16.4. The Labute approximate surface area is 140 Å². The first-order valence-electron chi connectivity index (χ1n) is 6.50. The summed E-state index contributed by atoms with van der Waals surface area (Å²) in [6.07, 6.45) is 1.69. The Morgan fingerprint density at radius 3 is 2.59 bits per heavy atom. The molecule has 4 nitrogen and oxygen atoms in total. The van der Waals surface area contributed by atoms with Crippen molar-refractivity contribution in [1.29, 1.82) is 0 Å². The Morgan fingerprint density at radius 2 is 1.82 bits per heavy atom. The van der Waals surface area contributed by atoms with E-state index in [1.807, 2.05) is 18.2 Å². The van der Waals surface area contributed by atoms with Gasteiger partial charge in [-0.2, -0.15) is 0 Å². The molecule has 0 bridgehead atoms. The summed E-state index contributed by atoms with van der Waals surface area (Å²) in [6.45, 7) is 0. The molecule has 0 saturated heterocycles. The summed E-state index contributed by atoms with van der Waals surface area (Å²) in [6, 6.07) is 14.0. The van der Waals surface area contributed by atoms with E-state index in [1.165, 1.54) is 0 Å². The van der Waals surface area contributed by atoms with Gasteiger partial charge in [0.2, 0.25) is 0 Å². The lowest BCUT2D eigenvalue weighted by Gasteiger charge is -2.10. The van der Waals surface area contributed by atoms with Crippen LogP contribution < -0.4 is 10.6 Å². The van der Waals surface area contributed by atoms with Gasteiger partial charge in [-0.15, -0.1) is 0 Å². The normalized spacial score (nSPS) is 10.5. The van der Waals surface area contributed by atoms with Gasteiger partial charge in [0.25, 0.3) is 0 Å². The van der Waals surface area contributed by atoms with E-state index in [1.54, 1.807) is 36.5 Å². The molecule has 0 aliphatic heterocycles. The van der Waals surface area contributed by atoms with Gasteiger partial charge in [-0.05, 0) is 42.5 Å². The number of benzene rings is 2. The van der Waals surface area contributed by atoms with E-state index < -0.39 is 0 Å². The SMILES string of the molecule is O=C(Nc1ccc(Cl)cc1)Nc1ccc(Br)c2cccnc12. The summed E-state index contributed by atoms with van der Waals surface area (Å²) in [5.41, 5.74) is 2.03. The van der Waals surface area contributed by atoms with Crippen LogP contribution in [0, 0.1) is 0 Å². The van der Waals surface area contributed by atoms with Gasteiger partial charge in [0.1, 0.15) is 0 Å². The largest absolute Gasteiger partial charge is 0.323 e. The Kier molecular flexibility index (Phi) is 4.27. The number of halogens is 2. The second kappa shape index (κ2) is 6.34. The smallest absolute Gasteiger partial charge is 0.308 e. The van der Waals surface area contributed by atoms with Crippen molar-refractivity contribution in [3.63, 3.8) is 0 Å². The van der Waals surface area contributed by atoms with Crippen LogP contribution in [0.1, 0.15) is 0 Å². The van der Waals surface area contributed by atoms with Crippen LogP contribution >= 0.6 is 27.5 Å². The third-order valence-corrected chi connectivity index (χ3v) is 4.01. The van der Waals surface area contributed by atoms with Crippen LogP contribution in [-0.2, 0) is 0 Å². The molecule has 0 aliphatic carbocycles. The third-order valence-electron chi connectivity index (χ3n) is 3.07. The molecule has 2 aromatic carbocycles. The molecule has 0 unspecified atom stereocenters. The van der Waals surface area contributed by atoms with Crippen molar-refractivity contribution < 1.29 is 4.79 Å². The molecule has 0 saturated carbocycles. The molecule has 3 aromatic rings. The van der Waals surface area contributed by atoms with Crippen molar-refractivity contribution in [2.24, 2.45) is 0 Å². The number of urea groups is 1. The molecule has 1 aromatic heterocycles. The molecule has 6 heteroatoms. The van der Waals surface area contributed by atoms with E-state index in [4.69, 9.17) is 11.6 Å². The summed E-state index contributed by atoms with van der Waals surface area (Å²) < 4.78 is 0.930. The molecule has 1 heterocycles. The fraction of sp³-hybridized carbons (Fsp3) is 0. The minimum absolute atomic E-state index is 0.336. The van der Waals surface area contributed by atoms with Gasteiger partial charge in [0, 0.05) is 26.8 Å². The summed E-state index contributed by atoms with van der Waals surface area (Å²) in [5, 5.41) is 7.11. The third kappa shape index (κ3) is 3.21. The lowest BCUT2D eigenvalue weighted by Crippen LogP contribution is -2.19. The highest BCUT2D eigenvalue weighted by Crippen LogP contribution is 2.28. The second-order valence-electron chi connectivity index (χ2n) is 4.58. The lowest BCUT2D eigenvalue weighted by atomic mass is 10.2.